The summed E-state index contributed by atoms with van der Waals surface area (Å²) >= 11 is 0. The average molecular weight is 229 g/mol. The van der Waals surface area contributed by atoms with E-state index in [-0.39, 0.29) is 0 Å². The Kier molecular flexibility index (Phi) is 5.14. The molecule has 1 aromatic heterocycles. The molecule has 1 heteroatoms. The predicted molar refractivity (Wildman–Crippen MR) is 75.3 cm³/mol. The van der Waals surface area contributed by atoms with Crippen molar-refractivity contribution in [1.82, 2.24) is 4.98 Å². The van der Waals surface area contributed by atoms with Crippen LogP contribution >= 0.6 is 0 Å². The minimum absolute atomic E-state index is 0.316. The Morgan fingerprint density at radius 1 is 1.47 bits per heavy atom. The summed E-state index contributed by atoms with van der Waals surface area (Å²) in [4.78, 5) is 4.40. The first-order valence-corrected chi connectivity index (χ1v) is 6.33. The second kappa shape index (κ2) is 6.39. The van der Waals surface area contributed by atoms with E-state index < -0.39 is 0 Å². The molecular weight excluding hydrogens is 206 g/mol. The Balaban J connectivity index is 2.83. The lowest BCUT2D eigenvalue weighted by molar-refractivity contribution is 0.728. The van der Waals surface area contributed by atoms with Crippen LogP contribution in [0.4, 0.5) is 0 Å². The molecule has 2 atom stereocenters. The van der Waals surface area contributed by atoms with Crippen molar-refractivity contribution in [2.75, 3.05) is 0 Å². The normalized spacial score (nSPS) is 14.1. The summed E-state index contributed by atoms with van der Waals surface area (Å²) in [5.74, 6) is 0.831. The average Bonchev–Trinajstić information content (AvgIpc) is 2.37. The molecule has 0 amide bonds. The van der Waals surface area contributed by atoms with E-state index in [9.17, 15) is 0 Å². The number of pyridine rings is 1. The smallest absolute Gasteiger partial charge is 0.0472 e. The van der Waals surface area contributed by atoms with Crippen LogP contribution in [0.1, 0.15) is 56.7 Å². The van der Waals surface area contributed by atoms with Crippen LogP contribution in [-0.2, 0) is 0 Å². The summed E-state index contributed by atoms with van der Waals surface area (Å²) in [6.45, 7) is 14.4. The van der Waals surface area contributed by atoms with Gasteiger partial charge in [-0.05, 0) is 36.5 Å². The molecule has 0 fully saturated rings. The van der Waals surface area contributed by atoms with E-state index in [1.165, 1.54) is 11.1 Å². The molecule has 92 valence electrons. The lowest BCUT2D eigenvalue weighted by Gasteiger charge is -2.15. The maximum Gasteiger partial charge on any atom is 0.0472 e. The van der Waals surface area contributed by atoms with Gasteiger partial charge in [-0.15, -0.1) is 6.58 Å². The van der Waals surface area contributed by atoms with Gasteiger partial charge in [0.2, 0.25) is 0 Å². The third kappa shape index (κ3) is 3.85. The van der Waals surface area contributed by atoms with Crippen molar-refractivity contribution in [2.24, 2.45) is 0 Å². The molecule has 1 rings (SSSR count). The molecule has 17 heavy (non-hydrogen) atoms. The zero-order valence-electron chi connectivity index (χ0n) is 11.2. The van der Waals surface area contributed by atoms with Gasteiger partial charge in [0, 0.05) is 17.8 Å². The monoisotopic (exact) mass is 229 g/mol. The highest BCUT2D eigenvalue weighted by atomic mass is 14.7. The topological polar surface area (TPSA) is 12.9 Å². The molecule has 0 aromatic carbocycles. The molecule has 0 radical (unpaired) electrons. The van der Waals surface area contributed by atoms with E-state index in [4.69, 9.17) is 0 Å². The quantitative estimate of drug-likeness (QED) is 0.637. The van der Waals surface area contributed by atoms with Crippen molar-refractivity contribution in [2.45, 2.75) is 45.4 Å². The van der Waals surface area contributed by atoms with Crippen LogP contribution < -0.4 is 0 Å². The predicted octanol–water partition coefficient (Wildman–Crippen LogP) is 4.83. The van der Waals surface area contributed by atoms with E-state index >= 15 is 0 Å². The summed E-state index contributed by atoms with van der Waals surface area (Å²) in [7, 11) is 0. The fraction of sp³-hybridized carbons (Fsp3) is 0.438. The Morgan fingerprint density at radius 2 is 2.18 bits per heavy atom. The molecule has 1 heterocycles. The summed E-state index contributed by atoms with van der Waals surface area (Å²) in [6.07, 6.45) is 5.95. The fourth-order valence-electron chi connectivity index (χ4n) is 1.84. The second-order valence-corrected chi connectivity index (χ2v) is 4.75. The maximum atomic E-state index is 4.40. The molecular formula is C16H23N. The summed E-state index contributed by atoms with van der Waals surface area (Å²) in [5.41, 5.74) is 3.76. The molecule has 0 aliphatic heterocycles. The highest BCUT2D eigenvalue weighted by Gasteiger charge is 2.09. The third-order valence-corrected chi connectivity index (χ3v) is 3.29. The van der Waals surface area contributed by atoms with Crippen LogP contribution in [-0.4, -0.2) is 4.98 Å². The zero-order valence-corrected chi connectivity index (χ0v) is 11.2. The first kappa shape index (κ1) is 13.7. The standard InChI is InChI=1S/C16H23N/c1-6-12(3)10-14(5)15-8-9-17-16(11-15)13(4)7-2/h7-9,11,13-14H,2-3,6,10H2,1,4-5H3. The largest absolute Gasteiger partial charge is 0.261 e. The van der Waals surface area contributed by atoms with Gasteiger partial charge in [0.1, 0.15) is 0 Å². The van der Waals surface area contributed by atoms with Gasteiger partial charge in [-0.1, -0.05) is 39.0 Å². The van der Waals surface area contributed by atoms with Crippen molar-refractivity contribution in [1.29, 1.82) is 0 Å². The molecule has 0 saturated carbocycles. The lowest BCUT2D eigenvalue weighted by atomic mass is 9.92. The minimum Gasteiger partial charge on any atom is -0.261 e. The fourth-order valence-corrected chi connectivity index (χ4v) is 1.84. The summed E-state index contributed by atoms with van der Waals surface area (Å²) < 4.78 is 0. The van der Waals surface area contributed by atoms with Crippen molar-refractivity contribution in [3.8, 4) is 0 Å². The van der Waals surface area contributed by atoms with Gasteiger partial charge in [-0.3, -0.25) is 4.98 Å². The van der Waals surface area contributed by atoms with Gasteiger partial charge in [0.05, 0.1) is 0 Å². The molecule has 0 N–H and O–H groups in total. The number of aromatic nitrogens is 1. The maximum absolute atomic E-state index is 4.40. The van der Waals surface area contributed by atoms with Crippen molar-refractivity contribution < 1.29 is 0 Å². The second-order valence-electron chi connectivity index (χ2n) is 4.75. The third-order valence-electron chi connectivity index (χ3n) is 3.29. The first-order chi connectivity index (χ1) is 8.08. The number of allylic oxidation sites excluding steroid dienone is 2. The lowest BCUT2D eigenvalue weighted by Crippen LogP contribution is -1.99. The molecule has 1 nitrogen and oxygen atoms in total. The molecule has 0 bridgehead atoms. The summed E-state index contributed by atoms with van der Waals surface area (Å²) in [5, 5.41) is 0. The van der Waals surface area contributed by atoms with Crippen LogP contribution in [0.3, 0.4) is 0 Å². The Labute approximate surface area is 105 Å². The van der Waals surface area contributed by atoms with Gasteiger partial charge in [-0.2, -0.15) is 0 Å². The number of hydrogen-bond acceptors (Lipinski definition) is 1. The van der Waals surface area contributed by atoms with Gasteiger partial charge in [0.25, 0.3) is 0 Å². The van der Waals surface area contributed by atoms with Gasteiger partial charge < -0.3 is 0 Å². The molecule has 0 saturated heterocycles. The van der Waals surface area contributed by atoms with E-state index in [1.807, 2.05) is 12.3 Å². The Bertz CT molecular complexity index is 392. The van der Waals surface area contributed by atoms with Crippen molar-refractivity contribution in [3.05, 3.63) is 54.4 Å². The first-order valence-electron chi connectivity index (χ1n) is 6.33. The van der Waals surface area contributed by atoms with Crippen molar-refractivity contribution in [3.63, 3.8) is 0 Å². The number of nitrogens with zero attached hydrogens (tertiary/aromatic N) is 1. The number of rotatable bonds is 6. The van der Waals surface area contributed by atoms with Crippen LogP contribution in [0.2, 0.25) is 0 Å². The molecule has 2 unspecified atom stereocenters. The van der Waals surface area contributed by atoms with Crippen LogP contribution in [0.15, 0.2) is 43.1 Å². The minimum atomic E-state index is 0.316. The highest BCUT2D eigenvalue weighted by molar-refractivity contribution is 5.25. The van der Waals surface area contributed by atoms with Gasteiger partial charge in [-0.25, -0.2) is 0 Å². The van der Waals surface area contributed by atoms with Crippen LogP contribution in [0.25, 0.3) is 0 Å². The molecule has 0 aliphatic carbocycles. The van der Waals surface area contributed by atoms with E-state index in [0.29, 0.717) is 11.8 Å². The van der Waals surface area contributed by atoms with Crippen LogP contribution in [0, 0.1) is 0 Å². The Morgan fingerprint density at radius 3 is 2.76 bits per heavy atom. The van der Waals surface area contributed by atoms with Crippen molar-refractivity contribution >= 4 is 0 Å². The molecule has 0 spiro atoms. The highest BCUT2D eigenvalue weighted by Crippen LogP contribution is 2.25. The van der Waals surface area contributed by atoms with Crippen LogP contribution in [0.5, 0.6) is 0 Å². The molecule has 0 aliphatic rings. The van der Waals surface area contributed by atoms with E-state index in [0.717, 1.165) is 18.5 Å². The summed E-state index contributed by atoms with van der Waals surface area (Å²) in [6, 6.07) is 4.30. The van der Waals surface area contributed by atoms with E-state index in [1.54, 1.807) is 0 Å². The van der Waals surface area contributed by atoms with E-state index in [2.05, 4.69) is 51.0 Å². The zero-order chi connectivity index (χ0) is 12.8. The van der Waals surface area contributed by atoms with Gasteiger partial charge >= 0.3 is 0 Å². The van der Waals surface area contributed by atoms with Gasteiger partial charge in [0.15, 0.2) is 0 Å². The Hall–Kier alpha value is -1.37. The SMILES string of the molecule is C=CC(C)c1cc(C(C)CC(=C)CC)ccn1. The molecule has 1 aromatic rings. The number of hydrogen-bond donors (Lipinski definition) is 0.